The van der Waals surface area contributed by atoms with Gasteiger partial charge in [0, 0.05) is 6.42 Å². The molecule has 0 aromatic rings. The molecule has 4 heteroatoms. The number of methoxy groups -OCH3 is 1. The van der Waals surface area contributed by atoms with Crippen molar-refractivity contribution in [3.63, 3.8) is 0 Å². The summed E-state index contributed by atoms with van der Waals surface area (Å²) in [5.74, 6) is -1.43. The number of alkyl halides is 1. The van der Waals surface area contributed by atoms with Gasteiger partial charge in [-0.1, -0.05) is 23.8 Å². The Balaban J connectivity index is 2.92. The van der Waals surface area contributed by atoms with Gasteiger partial charge >= 0.3 is 5.97 Å². The van der Waals surface area contributed by atoms with Gasteiger partial charge in [0.25, 0.3) is 0 Å². The van der Waals surface area contributed by atoms with Crippen molar-refractivity contribution < 1.29 is 13.9 Å². The first kappa shape index (κ1) is 9.26. The topological polar surface area (TPSA) is 26.3 Å². The van der Waals surface area contributed by atoms with Crippen LogP contribution < -0.4 is 0 Å². The van der Waals surface area contributed by atoms with Crippen molar-refractivity contribution >= 4 is 17.6 Å². The zero-order chi connectivity index (χ0) is 9.19. The number of esters is 1. The molecule has 0 saturated carbocycles. The maximum Gasteiger partial charge on any atom is 0.334 e. The average Bonchev–Trinajstić information content (AvgIpc) is 2.09. The second kappa shape index (κ2) is 3.27. The molecule has 0 spiro atoms. The summed E-state index contributed by atoms with van der Waals surface area (Å²) in [7, 11) is 1.18. The van der Waals surface area contributed by atoms with Crippen LogP contribution in [0.15, 0.2) is 24.1 Å². The molecule has 1 aliphatic rings. The van der Waals surface area contributed by atoms with Gasteiger partial charge < -0.3 is 4.74 Å². The molecule has 0 bridgehead atoms. The standard InChI is InChI=1S/C8H8ClFO2/c1-12-7(11)8(9)5-3-2-4-6(8)10/h2-4H,5H2,1H3. The van der Waals surface area contributed by atoms with Gasteiger partial charge in [-0.2, -0.15) is 0 Å². The molecule has 0 aromatic heterocycles. The fourth-order valence-corrected chi connectivity index (χ4v) is 1.18. The van der Waals surface area contributed by atoms with Crippen LogP contribution in [-0.2, 0) is 9.53 Å². The van der Waals surface area contributed by atoms with Gasteiger partial charge in [-0.3, -0.25) is 0 Å². The molecule has 1 atom stereocenters. The van der Waals surface area contributed by atoms with Crippen molar-refractivity contribution in [2.45, 2.75) is 11.3 Å². The highest BCUT2D eigenvalue weighted by molar-refractivity contribution is 6.36. The predicted octanol–water partition coefficient (Wildman–Crippen LogP) is 1.95. The quantitative estimate of drug-likeness (QED) is 0.467. The molecule has 0 saturated heterocycles. The van der Waals surface area contributed by atoms with E-state index < -0.39 is 16.7 Å². The third-order valence-corrected chi connectivity index (χ3v) is 2.15. The van der Waals surface area contributed by atoms with E-state index in [0.29, 0.717) is 0 Å². The molecule has 1 rings (SSSR count). The minimum atomic E-state index is -1.64. The third-order valence-electron chi connectivity index (χ3n) is 1.67. The van der Waals surface area contributed by atoms with Gasteiger partial charge in [-0.05, 0) is 6.08 Å². The van der Waals surface area contributed by atoms with Crippen molar-refractivity contribution in [1.82, 2.24) is 0 Å². The number of carbonyl (C=O) groups is 1. The van der Waals surface area contributed by atoms with Gasteiger partial charge in [0.15, 0.2) is 4.87 Å². The molecule has 1 aliphatic carbocycles. The summed E-state index contributed by atoms with van der Waals surface area (Å²) in [6.45, 7) is 0. The van der Waals surface area contributed by atoms with E-state index >= 15 is 0 Å². The molecule has 1 unspecified atom stereocenters. The SMILES string of the molecule is COC(=O)C1(Cl)CC=CC=C1F. The summed E-state index contributed by atoms with van der Waals surface area (Å²) in [6, 6.07) is 0. The Morgan fingerprint density at radius 3 is 3.00 bits per heavy atom. The molecule has 0 N–H and O–H groups in total. The number of ether oxygens (including phenoxy) is 1. The predicted molar refractivity (Wildman–Crippen MR) is 43.5 cm³/mol. The molecular weight excluding hydrogens is 183 g/mol. The summed E-state index contributed by atoms with van der Waals surface area (Å²) < 4.78 is 17.4. The van der Waals surface area contributed by atoms with E-state index in [0.717, 1.165) is 6.08 Å². The Kier molecular flexibility index (Phi) is 2.52. The number of hydrogen-bond acceptors (Lipinski definition) is 2. The van der Waals surface area contributed by atoms with E-state index in [4.69, 9.17) is 11.6 Å². The smallest absolute Gasteiger partial charge is 0.334 e. The van der Waals surface area contributed by atoms with Gasteiger partial charge in [-0.15, -0.1) is 0 Å². The normalized spacial score (nSPS) is 28.1. The zero-order valence-electron chi connectivity index (χ0n) is 6.51. The molecule has 12 heavy (non-hydrogen) atoms. The zero-order valence-corrected chi connectivity index (χ0v) is 7.27. The first-order chi connectivity index (χ1) is 5.61. The maximum absolute atomic E-state index is 13.0. The second-order valence-electron chi connectivity index (χ2n) is 2.44. The van der Waals surface area contributed by atoms with Crippen molar-refractivity contribution in [2.24, 2.45) is 0 Å². The lowest BCUT2D eigenvalue weighted by molar-refractivity contribution is -0.143. The first-order valence-electron chi connectivity index (χ1n) is 3.41. The Labute approximate surface area is 74.7 Å². The fourth-order valence-electron chi connectivity index (χ4n) is 0.955. The lowest BCUT2D eigenvalue weighted by Gasteiger charge is -2.22. The fraction of sp³-hybridized carbons (Fsp3) is 0.375. The minimum absolute atomic E-state index is 0.129. The van der Waals surface area contributed by atoms with Crippen LogP contribution in [0.5, 0.6) is 0 Å². The van der Waals surface area contributed by atoms with Gasteiger partial charge in [0.1, 0.15) is 5.83 Å². The van der Waals surface area contributed by atoms with Crippen LogP contribution >= 0.6 is 11.6 Å². The number of allylic oxidation sites excluding steroid dienone is 3. The Hall–Kier alpha value is -0.830. The first-order valence-corrected chi connectivity index (χ1v) is 3.79. The van der Waals surface area contributed by atoms with Crippen molar-refractivity contribution in [3.05, 3.63) is 24.1 Å². The number of halogens is 2. The van der Waals surface area contributed by atoms with E-state index in [1.165, 1.54) is 13.2 Å². The van der Waals surface area contributed by atoms with Crippen molar-refractivity contribution in [2.75, 3.05) is 7.11 Å². The Morgan fingerprint density at radius 2 is 2.50 bits per heavy atom. The van der Waals surface area contributed by atoms with E-state index in [1.807, 2.05) is 0 Å². The van der Waals surface area contributed by atoms with Crippen LogP contribution in [0, 0.1) is 0 Å². The van der Waals surface area contributed by atoms with Crippen LogP contribution in [0.3, 0.4) is 0 Å². The minimum Gasteiger partial charge on any atom is -0.467 e. The lowest BCUT2D eigenvalue weighted by Crippen LogP contribution is -2.35. The van der Waals surface area contributed by atoms with Crippen LogP contribution in [0.25, 0.3) is 0 Å². The molecule has 2 nitrogen and oxygen atoms in total. The molecule has 0 radical (unpaired) electrons. The van der Waals surface area contributed by atoms with Gasteiger partial charge in [-0.25, -0.2) is 9.18 Å². The average molecular weight is 191 g/mol. The van der Waals surface area contributed by atoms with Gasteiger partial charge in [0.2, 0.25) is 0 Å². The molecule has 0 heterocycles. The van der Waals surface area contributed by atoms with Crippen LogP contribution in [0.1, 0.15) is 6.42 Å². The highest BCUT2D eigenvalue weighted by Gasteiger charge is 2.42. The highest BCUT2D eigenvalue weighted by atomic mass is 35.5. The summed E-state index contributed by atoms with van der Waals surface area (Å²) in [5, 5.41) is 0. The van der Waals surface area contributed by atoms with Crippen LogP contribution in [-0.4, -0.2) is 18.0 Å². The van der Waals surface area contributed by atoms with E-state index in [1.54, 1.807) is 6.08 Å². The van der Waals surface area contributed by atoms with Crippen LogP contribution in [0.4, 0.5) is 4.39 Å². The largest absolute Gasteiger partial charge is 0.467 e. The number of carbonyl (C=O) groups excluding carboxylic acids is 1. The van der Waals surface area contributed by atoms with E-state index in [-0.39, 0.29) is 6.42 Å². The lowest BCUT2D eigenvalue weighted by atomic mass is 9.99. The summed E-state index contributed by atoms with van der Waals surface area (Å²) in [6.07, 6.45) is 4.42. The molecular formula is C8H8ClFO2. The number of hydrogen-bond donors (Lipinski definition) is 0. The van der Waals surface area contributed by atoms with Crippen molar-refractivity contribution in [1.29, 1.82) is 0 Å². The third kappa shape index (κ3) is 1.37. The van der Waals surface area contributed by atoms with Crippen molar-refractivity contribution in [3.8, 4) is 0 Å². The van der Waals surface area contributed by atoms with E-state index in [2.05, 4.69) is 4.74 Å². The maximum atomic E-state index is 13.0. The Morgan fingerprint density at radius 1 is 1.83 bits per heavy atom. The molecule has 0 aromatic carbocycles. The monoisotopic (exact) mass is 190 g/mol. The molecule has 0 aliphatic heterocycles. The summed E-state index contributed by atoms with van der Waals surface area (Å²) in [5.41, 5.74) is 0. The van der Waals surface area contributed by atoms with Crippen LogP contribution in [0.2, 0.25) is 0 Å². The second-order valence-corrected chi connectivity index (χ2v) is 3.08. The molecule has 0 amide bonds. The summed E-state index contributed by atoms with van der Waals surface area (Å²) in [4.78, 5) is 9.39. The molecule has 66 valence electrons. The highest BCUT2D eigenvalue weighted by Crippen LogP contribution is 2.34. The Bertz CT molecular complexity index is 260. The summed E-state index contributed by atoms with van der Waals surface area (Å²) >= 11 is 5.71. The van der Waals surface area contributed by atoms with E-state index in [9.17, 15) is 9.18 Å². The molecule has 0 fully saturated rings. The number of rotatable bonds is 1. The van der Waals surface area contributed by atoms with Gasteiger partial charge in [0.05, 0.1) is 7.11 Å².